The lowest BCUT2D eigenvalue weighted by Gasteiger charge is -2.15. The lowest BCUT2D eigenvalue weighted by Crippen LogP contribution is -2.21. The Morgan fingerprint density at radius 3 is 2.23 bits per heavy atom. The number of para-hydroxylation sites is 1. The molecule has 3 heteroatoms. The van der Waals surface area contributed by atoms with Crippen LogP contribution in [0.2, 0.25) is 0 Å². The van der Waals surface area contributed by atoms with Crippen LogP contribution < -0.4 is 5.73 Å². The number of rotatable bonds is 16. The van der Waals surface area contributed by atoms with Crippen LogP contribution in [0.3, 0.4) is 0 Å². The SMILES string of the molecule is CCCCCCCCC=CCCCCCCC(C(N)=O)c1ccnc2ccccc12. The number of hydrogen-bond donors (Lipinski definition) is 1. The van der Waals surface area contributed by atoms with E-state index in [4.69, 9.17) is 5.73 Å². The van der Waals surface area contributed by atoms with Gasteiger partial charge >= 0.3 is 0 Å². The van der Waals surface area contributed by atoms with Crippen LogP contribution in [0, 0.1) is 0 Å². The smallest absolute Gasteiger partial charge is 0.224 e. The Hall–Kier alpha value is -2.16. The quantitative estimate of drug-likeness (QED) is 0.231. The minimum Gasteiger partial charge on any atom is -0.369 e. The van der Waals surface area contributed by atoms with Gasteiger partial charge in [-0.15, -0.1) is 0 Å². The minimum absolute atomic E-state index is 0.227. The number of fused-ring (bicyclic) bond motifs is 1. The predicted molar refractivity (Wildman–Crippen MR) is 129 cm³/mol. The number of hydrogen-bond acceptors (Lipinski definition) is 2. The number of carbonyl (C=O) groups excluding carboxylic acids is 1. The van der Waals surface area contributed by atoms with Gasteiger partial charge in [0.2, 0.25) is 5.91 Å². The van der Waals surface area contributed by atoms with E-state index in [0.29, 0.717) is 0 Å². The van der Waals surface area contributed by atoms with Gasteiger partial charge in [0.15, 0.2) is 0 Å². The number of unbranched alkanes of at least 4 members (excludes halogenated alkanes) is 10. The Labute approximate surface area is 183 Å². The molecular weight excluding hydrogens is 368 g/mol. The fraction of sp³-hybridized carbons (Fsp3) is 0.556. The van der Waals surface area contributed by atoms with E-state index in [2.05, 4.69) is 24.1 Å². The minimum atomic E-state index is -0.232. The Kier molecular flexibility index (Phi) is 11.9. The van der Waals surface area contributed by atoms with Crippen LogP contribution in [0.5, 0.6) is 0 Å². The molecule has 1 aromatic carbocycles. The second kappa shape index (κ2) is 14.8. The highest BCUT2D eigenvalue weighted by Gasteiger charge is 2.19. The lowest BCUT2D eigenvalue weighted by molar-refractivity contribution is -0.119. The van der Waals surface area contributed by atoms with Gasteiger partial charge in [0, 0.05) is 11.6 Å². The maximum absolute atomic E-state index is 12.1. The number of carbonyl (C=O) groups is 1. The molecule has 30 heavy (non-hydrogen) atoms. The van der Waals surface area contributed by atoms with E-state index in [1.54, 1.807) is 6.20 Å². The van der Waals surface area contributed by atoms with Gasteiger partial charge in [-0.2, -0.15) is 0 Å². The summed E-state index contributed by atoms with van der Waals surface area (Å²) in [6.45, 7) is 2.27. The number of nitrogens with two attached hydrogens (primary N) is 1. The van der Waals surface area contributed by atoms with Crippen LogP contribution in [-0.2, 0) is 4.79 Å². The van der Waals surface area contributed by atoms with Crippen molar-refractivity contribution in [2.75, 3.05) is 0 Å². The molecule has 0 saturated heterocycles. The van der Waals surface area contributed by atoms with Gasteiger partial charge in [-0.1, -0.05) is 88.6 Å². The van der Waals surface area contributed by atoms with Crippen molar-refractivity contribution in [2.24, 2.45) is 5.73 Å². The van der Waals surface area contributed by atoms with E-state index < -0.39 is 0 Å². The molecule has 1 aromatic heterocycles. The first kappa shape index (κ1) is 24.1. The Morgan fingerprint density at radius 2 is 1.53 bits per heavy atom. The molecule has 164 valence electrons. The maximum atomic E-state index is 12.1. The van der Waals surface area contributed by atoms with Crippen molar-refractivity contribution >= 4 is 16.8 Å². The predicted octanol–water partition coefficient (Wildman–Crippen LogP) is 7.45. The monoisotopic (exact) mass is 408 g/mol. The molecule has 2 N–H and O–H groups in total. The maximum Gasteiger partial charge on any atom is 0.224 e. The zero-order chi connectivity index (χ0) is 21.4. The summed E-state index contributed by atoms with van der Waals surface area (Å²) in [5.74, 6) is -0.459. The van der Waals surface area contributed by atoms with Crippen molar-refractivity contribution in [1.29, 1.82) is 0 Å². The molecule has 3 nitrogen and oxygen atoms in total. The summed E-state index contributed by atoms with van der Waals surface area (Å²) in [5.41, 5.74) is 7.69. The molecule has 1 unspecified atom stereocenters. The molecular formula is C27H40N2O. The van der Waals surface area contributed by atoms with Gasteiger partial charge in [-0.3, -0.25) is 9.78 Å². The first-order valence-electron chi connectivity index (χ1n) is 12.0. The number of primary amides is 1. The molecule has 0 radical (unpaired) electrons. The summed E-state index contributed by atoms with van der Waals surface area (Å²) in [5, 5.41) is 1.04. The normalized spacial score (nSPS) is 12.6. The molecule has 1 atom stereocenters. The number of nitrogens with zero attached hydrogens (tertiary/aromatic N) is 1. The van der Waals surface area contributed by atoms with Gasteiger partial charge in [0.25, 0.3) is 0 Å². The molecule has 0 aliphatic carbocycles. The second-order valence-corrected chi connectivity index (χ2v) is 8.39. The summed E-state index contributed by atoms with van der Waals surface area (Å²) in [4.78, 5) is 16.5. The molecule has 0 fully saturated rings. The summed E-state index contributed by atoms with van der Waals surface area (Å²) in [6, 6.07) is 9.93. The zero-order valence-corrected chi connectivity index (χ0v) is 18.8. The lowest BCUT2D eigenvalue weighted by atomic mass is 9.90. The molecule has 2 aromatic rings. The summed E-state index contributed by atoms with van der Waals surface area (Å²) in [7, 11) is 0. The van der Waals surface area contributed by atoms with Crippen LogP contribution in [0.25, 0.3) is 10.9 Å². The van der Waals surface area contributed by atoms with Crippen LogP contribution >= 0.6 is 0 Å². The average Bonchev–Trinajstić information content (AvgIpc) is 2.76. The highest BCUT2D eigenvalue weighted by atomic mass is 16.1. The van der Waals surface area contributed by atoms with Gasteiger partial charge in [0.05, 0.1) is 11.4 Å². The number of allylic oxidation sites excluding steroid dienone is 2. The first-order valence-corrected chi connectivity index (χ1v) is 12.0. The number of amides is 1. The number of pyridine rings is 1. The third-order valence-corrected chi connectivity index (χ3v) is 5.91. The fourth-order valence-electron chi connectivity index (χ4n) is 4.12. The topological polar surface area (TPSA) is 56.0 Å². The second-order valence-electron chi connectivity index (χ2n) is 8.39. The summed E-state index contributed by atoms with van der Waals surface area (Å²) < 4.78 is 0. The van der Waals surface area contributed by atoms with E-state index >= 15 is 0 Å². The third kappa shape index (κ3) is 8.69. The zero-order valence-electron chi connectivity index (χ0n) is 18.8. The molecule has 1 amide bonds. The Balaban J connectivity index is 1.62. The van der Waals surface area contributed by atoms with E-state index in [9.17, 15) is 4.79 Å². The van der Waals surface area contributed by atoms with Crippen molar-refractivity contribution in [1.82, 2.24) is 4.98 Å². The van der Waals surface area contributed by atoms with Gasteiger partial charge in [0.1, 0.15) is 0 Å². The van der Waals surface area contributed by atoms with Crippen molar-refractivity contribution in [2.45, 2.75) is 96.3 Å². The highest BCUT2D eigenvalue weighted by Crippen LogP contribution is 2.28. The van der Waals surface area contributed by atoms with Crippen molar-refractivity contribution < 1.29 is 4.79 Å². The fourth-order valence-corrected chi connectivity index (χ4v) is 4.12. The van der Waals surface area contributed by atoms with Crippen LogP contribution in [-0.4, -0.2) is 10.9 Å². The first-order chi connectivity index (χ1) is 14.7. The van der Waals surface area contributed by atoms with Crippen molar-refractivity contribution in [3.63, 3.8) is 0 Å². The van der Waals surface area contributed by atoms with E-state index in [1.165, 1.54) is 64.2 Å². The Morgan fingerprint density at radius 1 is 0.900 bits per heavy atom. The standard InChI is InChI=1S/C27H40N2O/c1-2-3-4-5-6-7-8-9-10-11-12-13-14-15-19-25(27(28)30)23-21-22-29-26-20-17-16-18-24(23)26/h9-10,16-18,20-22,25H,2-8,11-15,19H2,1H3,(H2,28,30). The molecule has 0 aliphatic heterocycles. The number of benzene rings is 1. The van der Waals surface area contributed by atoms with Crippen molar-refractivity contribution in [3.8, 4) is 0 Å². The van der Waals surface area contributed by atoms with Gasteiger partial charge in [-0.05, 0) is 49.8 Å². The molecule has 0 bridgehead atoms. The molecule has 0 aliphatic rings. The van der Waals surface area contributed by atoms with Crippen LogP contribution in [0.4, 0.5) is 0 Å². The van der Waals surface area contributed by atoms with E-state index in [-0.39, 0.29) is 11.8 Å². The van der Waals surface area contributed by atoms with Crippen molar-refractivity contribution in [3.05, 3.63) is 54.2 Å². The highest BCUT2D eigenvalue weighted by molar-refractivity contribution is 5.90. The molecule has 0 spiro atoms. The van der Waals surface area contributed by atoms with Gasteiger partial charge < -0.3 is 5.73 Å². The summed E-state index contributed by atoms with van der Waals surface area (Å²) >= 11 is 0. The van der Waals surface area contributed by atoms with Crippen LogP contribution in [0.1, 0.15) is 102 Å². The molecule has 1 heterocycles. The molecule has 0 saturated carbocycles. The van der Waals surface area contributed by atoms with Crippen LogP contribution in [0.15, 0.2) is 48.7 Å². The third-order valence-electron chi connectivity index (χ3n) is 5.91. The van der Waals surface area contributed by atoms with E-state index in [0.717, 1.165) is 35.7 Å². The summed E-state index contributed by atoms with van der Waals surface area (Å²) in [6.07, 6.45) is 22.5. The Bertz CT molecular complexity index is 763. The average molecular weight is 409 g/mol. The number of aromatic nitrogens is 1. The van der Waals surface area contributed by atoms with Gasteiger partial charge in [-0.25, -0.2) is 0 Å². The van der Waals surface area contributed by atoms with E-state index in [1.807, 2.05) is 30.3 Å². The molecule has 2 rings (SSSR count). The largest absolute Gasteiger partial charge is 0.369 e.